The van der Waals surface area contributed by atoms with E-state index >= 15 is 0 Å². The molecule has 0 aromatic heterocycles. The van der Waals surface area contributed by atoms with Crippen molar-refractivity contribution in [3.8, 4) is 0 Å². The molecule has 0 saturated carbocycles. The van der Waals surface area contributed by atoms with Gasteiger partial charge in [0.1, 0.15) is 11.4 Å². The molecule has 2 atom stereocenters. The van der Waals surface area contributed by atoms with Crippen LogP contribution in [0.2, 0.25) is 0 Å². The molecule has 14 nitrogen and oxygen atoms in total. The quantitative estimate of drug-likeness (QED) is 0.0827. The largest absolute Gasteiger partial charge is 1.00 e. The van der Waals surface area contributed by atoms with Crippen LogP contribution in [0.5, 0.6) is 0 Å². The summed E-state index contributed by atoms with van der Waals surface area (Å²) in [6.45, 7) is 0. The summed E-state index contributed by atoms with van der Waals surface area (Å²) in [6, 6.07) is 0. The molecule has 0 rings (SSSR count). The summed E-state index contributed by atoms with van der Waals surface area (Å²) < 4.78 is 61.1. The van der Waals surface area contributed by atoms with E-state index in [4.69, 9.17) is 21.7 Å². The van der Waals surface area contributed by atoms with E-state index in [2.05, 4.69) is 0 Å². The first-order valence-electron chi connectivity index (χ1n) is 7.58. The van der Waals surface area contributed by atoms with Crippen LogP contribution in [-0.4, -0.2) is 81.3 Å². The van der Waals surface area contributed by atoms with Gasteiger partial charge in [0.2, 0.25) is 0 Å². The number of aliphatic hydroxyl groups is 2. The summed E-state index contributed by atoms with van der Waals surface area (Å²) in [6.07, 6.45) is -2.29. The normalized spacial score (nSPS) is 15.1. The van der Waals surface area contributed by atoms with Gasteiger partial charge in [0.25, 0.3) is 0 Å². The number of hydrogen-bond acceptors (Lipinski definition) is 12. The van der Waals surface area contributed by atoms with Gasteiger partial charge in [0.15, 0.2) is 0 Å². The van der Waals surface area contributed by atoms with Crippen LogP contribution in [0.25, 0.3) is 0 Å². The monoisotopic (exact) mass is 498 g/mol. The van der Waals surface area contributed by atoms with Crippen molar-refractivity contribution in [1.29, 1.82) is 0 Å². The van der Waals surface area contributed by atoms with Gasteiger partial charge in [0.05, 0.1) is 20.2 Å². The van der Waals surface area contributed by atoms with Crippen molar-refractivity contribution in [2.24, 2.45) is 11.5 Å². The topological polar surface area (TPSA) is 282 Å². The Morgan fingerprint density at radius 3 is 1.10 bits per heavy atom. The fraction of sp³-hybridized carbons (Fsp3) is 0.833. The summed E-state index contributed by atoms with van der Waals surface area (Å²) in [5.74, 6) is -3.92. The maximum atomic E-state index is 10.2. The van der Waals surface area contributed by atoms with Crippen LogP contribution >= 0.6 is 0 Å². The molecule has 168 valence electrons. The Labute approximate surface area is 218 Å². The number of carboxylic acids is 2. The molecule has 0 bridgehead atoms. The van der Waals surface area contributed by atoms with Crippen LogP contribution < -0.4 is 70.6 Å². The van der Waals surface area contributed by atoms with Crippen molar-refractivity contribution in [3.05, 3.63) is 0 Å². The number of nitrogens with two attached hydrogens (primary N) is 2. The molecular weight excluding hydrogens is 474 g/mol. The molecule has 8 N–H and O–H groups in total. The Balaban J connectivity index is -0.000000211. The van der Waals surface area contributed by atoms with Crippen molar-refractivity contribution in [2.45, 2.75) is 50.0 Å². The maximum Gasteiger partial charge on any atom is 1.00 e. The van der Waals surface area contributed by atoms with Crippen LogP contribution in [0.15, 0.2) is 0 Å². The van der Waals surface area contributed by atoms with Crippen LogP contribution in [0.1, 0.15) is 38.5 Å². The van der Waals surface area contributed by atoms with Gasteiger partial charge in [-0.15, -0.1) is 0 Å². The Bertz CT molecular complexity index is 663. The van der Waals surface area contributed by atoms with Crippen molar-refractivity contribution in [1.82, 2.24) is 0 Å². The van der Waals surface area contributed by atoms with Crippen molar-refractivity contribution in [3.63, 3.8) is 0 Å². The second-order valence-electron chi connectivity index (χ2n) is 6.02. The summed E-state index contributed by atoms with van der Waals surface area (Å²) >= 11 is 0. The van der Waals surface area contributed by atoms with Crippen molar-refractivity contribution >= 4 is 32.2 Å². The Morgan fingerprint density at radius 1 is 0.700 bits per heavy atom. The van der Waals surface area contributed by atoms with E-state index in [0.717, 1.165) is 0 Å². The van der Waals surface area contributed by atoms with Gasteiger partial charge in [-0.3, -0.25) is 9.59 Å². The third-order valence-electron chi connectivity index (χ3n) is 3.11. The van der Waals surface area contributed by atoms with Gasteiger partial charge in [-0.2, -0.15) is 0 Å². The van der Waals surface area contributed by atoms with Crippen molar-refractivity contribution in [2.75, 3.05) is 11.5 Å². The maximum absolute atomic E-state index is 10.2. The van der Waals surface area contributed by atoms with E-state index in [1.54, 1.807) is 0 Å². The number of carboxylic acid groups (broad SMARTS) is 2. The standard InChI is InChI=1S/2C6H13NO6S.2Na/c2*7-6(10,2-1-5(8)9)3-4-14(11,12)13;;/h2*10H,1-4,7H2,(H,8,9)(H,11,12,13);;/q;;2*+1/p-2. The molecule has 0 aliphatic rings. The zero-order chi connectivity index (χ0) is 22.8. The first-order valence-corrected chi connectivity index (χ1v) is 10.7. The number of hydrogen-bond donors (Lipinski definition) is 6. The molecule has 0 aliphatic heterocycles. The average Bonchev–Trinajstić information content (AvgIpc) is 2.47. The van der Waals surface area contributed by atoms with Crippen LogP contribution in [0.3, 0.4) is 0 Å². The molecule has 30 heavy (non-hydrogen) atoms. The molecule has 0 aromatic rings. The zero-order valence-corrected chi connectivity index (χ0v) is 22.3. The average molecular weight is 498 g/mol. The van der Waals surface area contributed by atoms with E-state index in [1.807, 2.05) is 0 Å². The molecule has 0 aliphatic carbocycles. The first-order chi connectivity index (χ1) is 12.2. The number of aliphatic carboxylic acids is 2. The van der Waals surface area contributed by atoms with Crippen molar-refractivity contribution < 1.29 is 115 Å². The van der Waals surface area contributed by atoms with E-state index in [0.29, 0.717) is 0 Å². The first kappa shape index (κ1) is 37.9. The Kier molecular flexibility index (Phi) is 20.5. The minimum atomic E-state index is -4.43. The predicted octanol–water partition coefficient (Wildman–Crippen LogP) is -9.12. The molecule has 2 unspecified atom stereocenters. The van der Waals surface area contributed by atoms with Gasteiger partial charge in [-0.25, -0.2) is 16.8 Å². The van der Waals surface area contributed by atoms with Gasteiger partial charge >= 0.3 is 71.1 Å². The summed E-state index contributed by atoms with van der Waals surface area (Å²) in [7, 11) is -8.87. The molecule has 0 fully saturated rings. The second-order valence-corrected chi connectivity index (χ2v) is 9.07. The summed E-state index contributed by atoms with van der Waals surface area (Å²) in [5, 5.41) is 35.0. The van der Waals surface area contributed by atoms with Gasteiger partial charge in [-0.05, 0) is 12.8 Å². The molecule has 0 radical (unpaired) electrons. The van der Waals surface area contributed by atoms with E-state index in [9.17, 15) is 45.7 Å². The molecule has 0 aromatic carbocycles. The molecule has 18 heteroatoms. The summed E-state index contributed by atoms with van der Waals surface area (Å²) in [5.41, 5.74) is 6.48. The zero-order valence-electron chi connectivity index (χ0n) is 16.7. The molecule has 0 heterocycles. The third kappa shape index (κ3) is 30.8. The van der Waals surface area contributed by atoms with Crippen LogP contribution in [0, 0.1) is 0 Å². The molecular formula is C12H24N2Na2O12S2. The van der Waals surface area contributed by atoms with E-state index < -0.39 is 68.0 Å². The molecule has 0 saturated heterocycles. The Hall–Kier alpha value is 0.600. The van der Waals surface area contributed by atoms with Crippen LogP contribution in [-0.2, 0) is 29.8 Å². The number of rotatable bonds is 12. The number of carbonyl (C=O) groups is 2. The predicted molar refractivity (Wildman–Crippen MR) is 90.4 cm³/mol. The molecule has 0 amide bonds. The van der Waals surface area contributed by atoms with E-state index in [1.165, 1.54) is 0 Å². The molecule has 0 spiro atoms. The smallest absolute Gasteiger partial charge is 0.748 e. The van der Waals surface area contributed by atoms with Gasteiger partial charge in [0, 0.05) is 37.2 Å². The third-order valence-corrected chi connectivity index (χ3v) is 4.52. The van der Waals surface area contributed by atoms with Gasteiger partial charge in [-0.1, -0.05) is 0 Å². The minimum Gasteiger partial charge on any atom is -0.748 e. The second kappa shape index (κ2) is 16.2. The fourth-order valence-electron chi connectivity index (χ4n) is 1.50. The van der Waals surface area contributed by atoms with Gasteiger partial charge < -0.3 is 41.0 Å². The summed E-state index contributed by atoms with van der Waals surface area (Å²) in [4.78, 5) is 20.2. The minimum absolute atomic E-state index is 0. The SMILES string of the molecule is NC(O)(CCC(=O)O)CCS(=O)(=O)[O-].NC(O)(CCC(=O)O)CCS(=O)(=O)[O-].[Na+].[Na+]. The van der Waals surface area contributed by atoms with E-state index in [-0.39, 0.29) is 84.8 Å². The fourth-order valence-corrected chi connectivity index (χ4v) is 2.71. The van der Waals surface area contributed by atoms with Crippen LogP contribution in [0.4, 0.5) is 0 Å². The Morgan fingerprint density at radius 2 is 0.933 bits per heavy atom.